The molecule has 0 aliphatic carbocycles. The molecule has 0 saturated heterocycles. The molecule has 0 aromatic rings. The first-order valence-electron chi connectivity index (χ1n) is 19.2. The number of aliphatic hydroxyl groups excluding tert-OH is 1. The van der Waals surface area contributed by atoms with Gasteiger partial charge in [-0.3, -0.25) is 4.79 Å². The van der Waals surface area contributed by atoms with Gasteiger partial charge in [0.2, 0.25) is 0 Å². The summed E-state index contributed by atoms with van der Waals surface area (Å²) in [5.74, 6) is -0.222. The number of hydrogen-bond acceptors (Lipinski definition) is 4. The van der Waals surface area contributed by atoms with Crippen LogP contribution in [-0.4, -0.2) is 37.0 Å². The van der Waals surface area contributed by atoms with Gasteiger partial charge in [0.1, 0.15) is 6.10 Å². The maximum absolute atomic E-state index is 12.1. The standard InChI is InChI=1S/C43H72O4/c1-3-5-7-9-11-13-15-16-17-18-19-20-21-22-23-24-25-26-27-29-31-33-35-37-39-46-41-42(40-44)47-43(45)38-36-34-32-30-28-14-12-10-8-6-4-2/h5,7,11,13,16-17,19-20,22-23,25-26,29,31,42,44H,3-4,6,8-10,12,14-15,18,21,24,27-28,30,32-41H2,1-2H3/b7-5-,13-11-,17-16-,20-19-,23-22-,26-25-,31-29-. The van der Waals surface area contributed by atoms with Crippen LogP contribution in [0.2, 0.25) is 0 Å². The molecule has 4 heteroatoms. The molecule has 1 unspecified atom stereocenters. The lowest BCUT2D eigenvalue weighted by Gasteiger charge is -2.15. The fourth-order valence-electron chi connectivity index (χ4n) is 4.89. The average molecular weight is 653 g/mol. The number of hydrogen-bond donors (Lipinski definition) is 1. The molecular formula is C43H72O4. The van der Waals surface area contributed by atoms with Gasteiger partial charge in [-0.2, -0.15) is 0 Å². The van der Waals surface area contributed by atoms with Gasteiger partial charge in [0.25, 0.3) is 0 Å². The molecule has 0 spiro atoms. The van der Waals surface area contributed by atoms with Crippen LogP contribution in [0.25, 0.3) is 0 Å². The first kappa shape index (κ1) is 44.6. The van der Waals surface area contributed by atoms with Crippen molar-refractivity contribution in [2.45, 2.75) is 161 Å². The van der Waals surface area contributed by atoms with Crippen LogP contribution < -0.4 is 0 Å². The van der Waals surface area contributed by atoms with E-state index in [-0.39, 0.29) is 19.2 Å². The summed E-state index contributed by atoms with van der Waals surface area (Å²) in [5.41, 5.74) is 0. The summed E-state index contributed by atoms with van der Waals surface area (Å²) < 4.78 is 11.1. The lowest BCUT2D eigenvalue weighted by Crippen LogP contribution is -2.27. The second kappa shape index (κ2) is 39.7. The third-order valence-corrected chi connectivity index (χ3v) is 7.73. The summed E-state index contributed by atoms with van der Waals surface area (Å²) >= 11 is 0. The van der Waals surface area contributed by atoms with E-state index in [0.717, 1.165) is 77.0 Å². The highest BCUT2D eigenvalue weighted by molar-refractivity contribution is 5.69. The SMILES string of the molecule is CC/C=C\C/C=C\C/C=C\C/C=C\C/C=C\C/C=C\C/C=C\CCCCOCC(CO)OC(=O)CCCCCCCCCCCCC. The Labute approximate surface area is 290 Å². The molecular weight excluding hydrogens is 580 g/mol. The molecule has 47 heavy (non-hydrogen) atoms. The van der Waals surface area contributed by atoms with Crippen LogP contribution in [0, 0.1) is 0 Å². The summed E-state index contributed by atoms with van der Waals surface area (Å²) in [6.45, 7) is 5.10. The summed E-state index contributed by atoms with van der Waals surface area (Å²) in [6.07, 6.45) is 54.9. The molecule has 0 aromatic heterocycles. The largest absolute Gasteiger partial charge is 0.457 e. The zero-order chi connectivity index (χ0) is 34.1. The molecule has 0 amide bonds. The predicted octanol–water partition coefficient (Wildman–Crippen LogP) is 12.4. The Morgan fingerprint density at radius 3 is 1.40 bits per heavy atom. The molecule has 268 valence electrons. The van der Waals surface area contributed by atoms with E-state index in [4.69, 9.17) is 9.47 Å². The molecule has 0 bridgehead atoms. The number of ether oxygens (including phenoxy) is 2. The fraction of sp³-hybridized carbons (Fsp3) is 0.651. The maximum atomic E-state index is 12.1. The molecule has 0 saturated carbocycles. The molecule has 4 nitrogen and oxygen atoms in total. The first-order chi connectivity index (χ1) is 23.2. The second-order valence-electron chi connectivity index (χ2n) is 12.3. The van der Waals surface area contributed by atoms with Crippen molar-refractivity contribution in [3.8, 4) is 0 Å². The zero-order valence-corrected chi connectivity index (χ0v) is 30.5. The average Bonchev–Trinajstić information content (AvgIpc) is 3.08. The Balaban J connectivity index is 3.60. The van der Waals surface area contributed by atoms with Gasteiger partial charge >= 0.3 is 5.97 Å². The number of esters is 1. The van der Waals surface area contributed by atoms with Gasteiger partial charge in [0.05, 0.1) is 13.2 Å². The first-order valence-corrected chi connectivity index (χ1v) is 19.2. The second-order valence-corrected chi connectivity index (χ2v) is 12.3. The molecule has 1 N–H and O–H groups in total. The van der Waals surface area contributed by atoms with Crippen LogP contribution in [0.1, 0.15) is 155 Å². The van der Waals surface area contributed by atoms with Gasteiger partial charge in [-0.1, -0.05) is 163 Å². The zero-order valence-electron chi connectivity index (χ0n) is 30.5. The van der Waals surface area contributed by atoms with Crippen LogP contribution in [-0.2, 0) is 14.3 Å². The Bertz CT molecular complexity index is 861. The Morgan fingerprint density at radius 1 is 0.532 bits per heavy atom. The summed E-state index contributed by atoms with van der Waals surface area (Å²) in [5, 5.41) is 9.54. The number of carbonyl (C=O) groups excluding carboxylic acids is 1. The number of aliphatic hydroxyl groups is 1. The summed E-state index contributed by atoms with van der Waals surface area (Å²) in [7, 11) is 0. The van der Waals surface area contributed by atoms with Crippen LogP contribution in [0.4, 0.5) is 0 Å². The van der Waals surface area contributed by atoms with Crippen molar-refractivity contribution in [3.05, 3.63) is 85.1 Å². The molecule has 0 aromatic carbocycles. The van der Waals surface area contributed by atoms with E-state index in [9.17, 15) is 9.90 Å². The van der Waals surface area contributed by atoms with E-state index in [0.29, 0.717) is 13.0 Å². The Hall–Kier alpha value is -2.43. The quantitative estimate of drug-likeness (QED) is 0.0427. The third kappa shape index (κ3) is 37.9. The van der Waals surface area contributed by atoms with Crippen molar-refractivity contribution in [1.29, 1.82) is 0 Å². The molecule has 0 aliphatic heterocycles. The minimum atomic E-state index is -0.559. The predicted molar refractivity (Wildman–Crippen MR) is 205 cm³/mol. The fourth-order valence-corrected chi connectivity index (χ4v) is 4.89. The molecule has 0 rings (SSSR count). The normalized spacial score (nSPS) is 13.3. The Morgan fingerprint density at radius 2 is 0.957 bits per heavy atom. The van der Waals surface area contributed by atoms with Crippen LogP contribution in [0.5, 0.6) is 0 Å². The molecule has 0 fully saturated rings. The van der Waals surface area contributed by atoms with E-state index in [1.165, 1.54) is 57.8 Å². The minimum absolute atomic E-state index is 0.193. The minimum Gasteiger partial charge on any atom is -0.457 e. The van der Waals surface area contributed by atoms with Crippen molar-refractivity contribution >= 4 is 5.97 Å². The van der Waals surface area contributed by atoms with Gasteiger partial charge in [-0.25, -0.2) is 0 Å². The van der Waals surface area contributed by atoms with Crippen LogP contribution in [0.15, 0.2) is 85.1 Å². The van der Waals surface area contributed by atoms with E-state index in [1.54, 1.807) is 0 Å². The molecule has 1 atom stereocenters. The Kier molecular flexibility index (Phi) is 37.7. The lowest BCUT2D eigenvalue weighted by molar-refractivity contribution is -0.154. The monoisotopic (exact) mass is 653 g/mol. The molecule has 0 aliphatic rings. The highest BCUT2D eigenvalue weighted by atomic mass is 16.6. The van der Waals surface area contributed by atoms with E-state index in [1.807, 2.05) is 0 Å². The highest BCUT2D eigenvalue weighted by Gasteiger charge is 2.13. The number of unbranched alkanes of at least 4 members (excludes halogenated alkanes) is 12. The molecule has 0 radical (unpaired) electrons. The number of rotatable bonds is 34. The van der Waals surface area contributed by atoms with Gasteiger partial charge in [0, 0.05) is 13.0 Å². The van der Waals surface area contributed by atoms with Crippen molar-refractivity contribution in [3.63, 3.8) is 0 Å². The third-order valence-electron chi connectivity index (χ3n) is 7.73. The van der Waals surface area contributed by atoms with E-state index in [2.05, 4.69) is 98.9 Å². The number of allylic oxidation sites excluding steroid dienone is 14. The topological polar surface area (TPSA) is 55.8 Å². The van der Waals surface area contributed by atoms with Gasteiger partial charge in [-0.15, -0.1) is 0 Å². The van der Waals surface area contributed by atoms with Crippen LogP contribution >= 0.6 is 0 Å². The van der Waals surface area contributed by atoms with Crippen LogP contribution in [0.3, 0.4) is 0 Å². The maximum Gasteiger partial charge on any atom is 0.306 e. The van der Waals surface area contributed by atoms with E-state index >= 15 is 0 Å². The summed E-state index contributed by atoms with van der Waals surface area (Å²) in [6, 6.07) is 0. The molecule has 0 heterocycles. The van der Waals surface area contributed by atoms with E-state index < -0.39 is 6.10 Å². The van der Waals surface area contributed by atoms with Gasteiger partial charge < -0.3 is 14.6 Å². The van der Waals surface area contributed by atoms with Crippen molar-refractivity contribution in [1.82, 2.24) is 0 Å². The van der Waals surface area contributed by atoms with Gasteiger partial charge in [-0.05, 0) is 70.6 Å². The smallest absolute Gasteiger partial charge is 0.306 e. The van der Waals surface area contributed by atoms with Crippen molar-refractivity contribution < 1.29 is 19.4 Å². The van der Waals surface area contributed by atoms with Crippen molar-refractivity contribution in [2.75, 3.05) is 19.8 Å². The van der Waals surface area contributed by atoms with Gasteiger partial charge in [0.15, 0.2) is 0 Å². The highest BCUT2D eigenvalue weighted by Crippen LogP contribution is 2.12. The lowest BCUT2D eigenvalue weighted by atomic mass is 10.1. The van der Waals surface area contributed by atoms with Crippen molar-refractivity contribution in [2.24, 2.45) is 0 Å². The number of carbonyl (C=O) groups is 1. The summed E-state index contributed by atoms with van der Waals surface area (Å²) in [4.78, 5) is 12.1.